The first-order valence-corrected chi connectivity index (χ1v) is 6.73. The van der Waals surface area contributed by atoms with E-state index in [4.69, 9.17) is 0 Å². The number of halogens is 2. The fourth-order valence-electron chi connectivity index (χ4n) is 1.53. The van der Waals surface area contributed by atoms with Gasteiger partial charge in [-0.3, -0.25) is 4.79 Å². The van der Waals surface area contributed by atoms with Crippen LogP contribution in [-0.2, 0) is 16.0 Å². The largest absolute Gasteiger partial charge is 0.453 e. The number of hydrogen-bond acceptors (Lipinski definition) is 3. The molecule has 0 aromatic heterocycles. The third kappa shape index (κ3) is 5.16. The molecule has 0 aliphatic carbocycles. The molecule has 0 radical (unpaired) electrons. The Balaban J connectivity index is 2.35. The van der Waals surface area contributed by atoms with E-state index in [1.807, 2.05) is 0 Å². The third-order valence-corrected chi connectivity index (χ3v) is 3.19. The van der Waals surface area contributed by atoms with Crippen LogP contribution in [0.4, 0.5) is 9.18 Å². The Morgan fingerprint density at radius 1 is 1.45 bits per heavy atom. The third-order valence-electron chi connectivity index (χ3n) is 2.59. The van der Waals surface area contributed by atoms with Gasteiger partial charge in [0.25, 0.3) is 0 Å². The molecule has 2 amide bonds. The van der Waals surface area contributed by atoms with E-state index in [1.54, 1.807) is 12.1 Å². The maximum Gasteiger partial charge on any atom is 0.409 e. The molecule has 0 heterocycles. The summed E-state index contributed by atoms with van der Waals surface area (Å²) in [6.45, 7) is 0.339. The Hall–Kier alpha value is -1.63. The highest BCUT2D eigenvalue weighted by Crippen LogP contribution is 2.16. The number of benzene rings is 1. The van der Waals surface area contributed by atoms with Crippen LogP contribution in [0.5, 0.6) is 0 Å². The molecule has 0 saturated carbocycles. The van der Waals surface area contributed by atoms with Gasteiger partial charge in [-0.05, 0) is 40.0 Å². The van der Waals surface area contributed by atoms with Crippen molar-refractivity contribution in [3.63, 3.8) is 0 Å². The van der Waals surface area contributed by atoms with Gasteiger partial charge < -0.3 is 15.0 Å². The Morgan fingerprint density at radius 2 is 2.15 bits per heavy atom. The van der Waals surface area contributed by atoms with Crippen LogP contribution < -0.4 is 5.32 Å². The van der Waals surface area contributed by atoms with E-state index in [2.05, 4.69) is 26.0 Å². The lowest BCUT2D eigenvalue weighted by Crippen LogP contribution is -2.38. The highest BCUT2D eigenvalue weighted by Gasteiger charge is 2.12. The van der Waals surface area contributed by atoms with E-state index in [9.17, 15) is 14.0 Å². The second kappa shape index (κ2) is 7.84. The highest BCUT2D eigenvalue weighted by atomic mass is 79.9. The fourth-order valence-corrected chi connectivity index (χ4v) is 1.96. The summed E-state index contributed by atoms with van der Waals surface area (Å²) in [5.74, 6) is -0.600. The highest BCUT2D eigenvalue weighted by molar-refractivity contribution is 9.10. The van der Waals surface area contributed by atoms with Crippen molar-refractivity contribution in [2.75, 3.05) is 27.2 Å². The Bertz CT molecular complexity index is 497. The second-order valence-corrected chi connectivity index (χ2v) is 5.03. The topological polar surface area (TPSA) is 58.6 Å². The van der Waals surface area contributed by atoms with Gasteiger partial charge in [-0.1, -0.05) is 6.07 Å². The number of carbonyl (C=O) groups excluding carboxylic acids is 2. The predicted molar refractivity (Wildman–Crippen MR) is 75.8 cm³/mol. The van der Waals surface area contributed by atoms with Gasteiger partial charge >= 0.3 is 6.09 Å². The van der Waals surface area contributed by atoms with Crippen molar-refractivity contribution in [2.24, 2.45) is 0 Å². The lowest BCUT2D eigenvalue weighted by Gasteiger charge is -2.14. The SMILES string of the molecule is COC(=O)N(C)CC(=O)NCCc1ccc(F)c(Br)c1. The zero-order valence-electron chi connectivity index (χ0n) is 11.3. The van der Waals surface area contributed by atoms with Gasteiger partial charge in [-0.2, -0.15) is 0 Å². The number of likely N-dealkylation sites (N-methyl/N-ethyl adjacent to an activating group) is 1. The molecule has 0 atom stereocenters. The van der Waals surface area contributed by atoms with Gasteiger partial charge in [0.05, 0.1) is 11.6 Å². The molecule has 1 aromatic rings. The van der Waals surface area contributed by atoms with E-state index < -0.39 is 6.09 Å². The molecule has 7 heteroatoms. The molecule has 0 aliphatic heterocycles. The molecule has 1 N–H and O–H groups in total. The summed E-state index contributed by atoms with van der Waals surface area (Å²) in [6.07, 6.45) is 0.00893. The minimum Gasteiger partial charge on any atom is -0.453 e. The molecule has 0 saturated heterocycles. The molecule has 0 spiro atoms. The lowest BCUT2D eigenvalue weighted by molar-refractivity contribution is -0.121. The first-order chi connectivity index (χ1) is 9.43. The molecule has 5 nitrogen and oxygen atoms in total. The molecule has 20 heavy (non-hydrogen) atoms. The number of ether oxygens (including phenoxy) is 1. The molecule has 1 aromatic carbocycles. The van der Waals surface area contributed by atoms with Crippen LogP contribution in [0.3, 0.4) is 0 Å². The Morgan fingerprint density at radius 3 is 2.75 bits per heavy atom. The van der Waals surface area contributed by atoms with E-state index in [1.165, 1.54) is 25.1 Å². The monoisotopic (exact) mass is 346 g/mol. The summed E-state index contributed by atoms with van der Waals surface area (Å²) < 4.78 is 17.9. The van der Waals surface area contributed by atoms with Gasteiger partial charge in [0.1, 0.15) is 12.4 Å². The zero-order valence-corrected chi connectivity index (χ0v) is 12.9. The number of methoxy groups -OCH3 is 1. The standard InChI is InChI=1S/C13H16BrFN2O3/c1-17(13(19)20-2)8-12(18)16-6-5-9-3-4-11(15)10(14)7-9/h3-4,7H,5-6,8H2,1-2H3,(H,16,18). The van der Waals surface area contributed by atoms with Crippen molar-refractivity contribution in [1.29, 1.82) is 0 Å². The average Bonchev–Trinajstić information content (AvgIpc) is 2.41. The minimum atomic E-state index is -0.567. The predicted octanol–water partition coefficient (Wildman–Crippen LogP) is 1.95. The number of carbonyl (C=O) groups is 2. The van der Waals surface area contributed by atoms with Gasteiger partial charge in [-0.15, -0.1) is 0 Å². The number of nitrogens with zero attached hydrogens (tertiary/aromatic N) is 1. The Kier molecular flexibility index (Phi) is 6.44. The van der Waals surface area contributed by atoms with Crippen molar-refractivity contribution in [3.05, 3.63) is 34.1 Å². The summed E-state index contributed by atoms with van der Waals surface area (Å²) in [4.78, 5) is 23.8. The van der Waals surface area contributed by atoms with Crippen LogP contribution >= 0.6 is 15.9 Å². The van der Waals surface area contributed by atoms with Crippen molar-refractivity contribution in [1.82, 2.24) is 10.2 Å². The van der Waals surface area contributed by atoms with Crippen LogP contribution in [0.2, 0.25) is 0 Å². The first kappa shape index (κ1) is 16.4. The van der Waals surface area contributed by atoms with E-state index in [-0.39, 0.29) is 18.3 Å². The summed E-state index contributed by atoms with van der Waals surface area (Å²) >= 11 is 3.10. The molecule has 1 rings (SSSR count). The van der Waals surface area contributed by atoms with Crippen molar-refractivity contribution in [3.8, 4) is 0 Å². The van der Waals surface area contributed by atoms with Gasteiger partial charge in [0, 0.05) is 13.6 Å². The molecule has 0 aliphatic rings. The van der Waals surface area contributed by atoms with Crippen LogP contribution in [0.15, 0.2) is 22.7 Å². The molecular weight excluding hydrogens is 331 g/mol. The van der Waals surface area contributed by atoms with E-state index >= 15 is 0 Å². The summed E-state index contributed by atoms with van der Waals surface area (Å²) in [6, 6.07) is 4.70. The minimum absolute atomic E-state index is 0.0697. The number of nitrogens with one attached hydrogen (secondary N) is 1. The molecule has 0 bridgehead atoms. The maximum atomic E-state index is 13.0. The van der Waals surface area contributed by atoms with Gasteiger partial charge in [0.2, 0.25) is 5.91 Å². The second-order valence-electron chi connectivity index (χ2n) is 4.17. The molecular formula is C13H16BrFN2O3. The Labute approximate surface area is 125 Å². The van der Waals surface area contributed by atoms with Crippen LogP contribution in [0, 0.1) is 5.82 Å². The molecule has 0 unspecified atom stereocenters. The smallest absolute Gasteiger partial charge is 0.409 e. The summed E-state index contributed by atoms with van der Waals surface area (Å²) in [7, 11) is 2.73. The first-order valence-electron chi connectivity index (χ1n) is 5.93. The normalized spacial score (nSPS) is 10.0. The summed E-state index contributed by atoms with van der Waals surface area (Å²) in [5.41, 5.74) is 0.903. The number of amides is 2. The van der Waals surface area contributed by atoms with Crippen LogP contribution in [-0.4, -0.2) is 44.1 Å². The van der Waals surface area contributed by atoms with Crippen molar-refractivity contribution < 1.29 is 18.7 Å². The quantitative estimate of drug-likeness (QED) is 0.886. The fraction of sp³-hybridized carbons (Fsp3) is 0.385. The maximum absolute atomic E-state index is 13.0. The van der Waals surface area contributed by atoms with Crippen LogP contribution in [0.1, 0.15) is 5.56 Å². The molecule has 0 fully saturated rings. The number of rotatable bonds is 5. The van der Waals surface area contributed by atoms with Crippen molar-refractivity contribution >= 4 is 27.9 Å². The van der Waals surface area contributed by atoms with Crippen LogP contribution in [0.25, 0.3) is 0 Å². The lowest BCUT2D eigenvalue weighted by atomic mass is 10.1. The van der Waals surface area contributed by atoms with Crippen molar-refractivity contribution in [2.45, 2.75) is 6.42 Å². The zero-order chi connectivity index (χ0) is 15.1. The molecule has 110 valence electrons. The summed E-state index contributed by atoms with van der Waals surface area (Å²) in [5, 5.41) is 2.68. The van der Waals surface area contributed by atoms with E-state index in [0.29, 0.717) is 17.4 Å². The average molecular weight is 347 g/mol. The number of hydrogen-bond donors (Lipinski definition) is 1. The van der Waals surface area contributed by atoms with E-state index in [0.717, 1.165) is 5.56 Å². The van der Waals surface area contributed by atoms with Gasteiger partial charge in [0.15, 0.2) is 0 Å². The van der Waals surface area contributed by atoms with Gasteiger partial charge in [-0.25, -0.2) is 9.18 Å².